The number of carbonyl (C=O) groups is 1. The van der Waals surface area contributed by atoms with E-state index in [1.54, 1.807) is 16.8 Å². The number of aromatic nitrogens is 4. The number of nitrogens with zero attached hydrogens (tertiary/aromatic N) is 5. The van der Waals surface area contributed by atoms with Crippen LogP contribution >= 0.6 is 0 Å². The van der Waals surface area contributed by atoms with Crippen LogP contribution < -0.4 is 15.2 Å². The van der Waals surface area contributed by atoms with Crippen LogP contribution in [0, 0.1) is 0 Å². The second kappa shape index (κ2) is 10.3. The molecule has 0 radical (unpaired) electrons. The van der Waals surface area contributed by atoms with Crippen molar-refractivity contribution in [1.29, 1.82) is 0 Å². The molecule has 2 aromatic carbocycles. The summed E-state index contributed by atoms with van der Waals surface area (Å²) in [6.45, 7) is 0.892. The van der Waals surface area contributed by atoms with Gasteiger partial charge in [-0.15, -0.1) is 0 Å². The van der Waals surface area contributed by atoms with Crippen molar-refractivity contribution < 1.29 is 23.1 Å². The molecule has 1 aliphatic rings. The number of hydrogen-bond acceptors (Lipinski definition) is 8. The summed E-state index contributed by atoms with van der Waals surface area (Å²) in [7, 11) is -2.18. The molecule has 198 valence electrons. The highest BCUT2D eigenvalue weighted by atomic mass is 32.2. The molecule has 4 aromatic rings. The van der Waals surface area contributed by atoms with E-state index in [2.05, 4.69) is 14.7 Å². The van der Waals surface area contributed by atoms with Crippen LogP contribution in [-0.4, -0.2) is 64.5 Å². The van der Waals surface area contributed by atoms with E-state index in [1.807, 2.05) is 24.3 Å². The number of rotatable bonds is 7. The minimum absolute atomic E-state index is 0.0994. The van der Waals surface area contributed by atoms with Gasteiger partial charge in [-0.2, -0.15) is 5.10 Å². The third kappa shape index (κ3) is 4.97. The van der Waals surface area contributed by atoms with Gasteiger partial charge in [-0.05, 0) is 42.7 Å². The van der Waals surface area contributed by atoms with Gasteiger partial charge >= 0.3 is 6.09 Å². The number of nitrogen functional groups attached to an aromatic ring is 1. The Balaban J connectivity index is 1.39. The molecule has 3 heterocycles. The van der Waals surface area contributed by atoms with Crippen molar-refractivity contribution in [3.05, 3.63) is 60.4 Å². The Labute approximate surface area is 219 Å². The van der Waals surface area contributed by atoms with Gasteiger partial charge in [-0.1, -0.05) is 24.3 Å². The van der Waals surface area contributed by atoms with Gasteiger partial charge in [-0.25, -0.2) is 32.6 Å². The average Bonchev–Trinajstić information content (AvgIpc) is 3.33. The zero-order valence-corrected chi connectivity index (χ0v) is 21.4. The standard InChI is InChI=1S/C25H27N7O5S/c1-37-19-8-10-20(11-9-19)38(35,36)29-13-16-4-6-17(7-5-16)22-21-23(26)27-15-28-24(21)32(30-22)18-3-2-12-31(14-18)25(33)34/h4-11,15,18,29H,2-3,12-14H2,1H3,(H,33,34)(H2,26,27,28)/t18-/m1/s1. The number of nitrogens with two attached hydrogens (primary N) is 1. The van der Waals surface area contributed by atoms with Gasteiger partial charge in [0.15, 0.2) is 5.65 Å². The minimum Gasteiger partial charge on any atom is -0.497 e. The van der Waals surface area contributed by atoms with Crippen molar-refractivity contribution in [3.63, 3.8) is 0 Å². The number of sulfonamides is 1. The molecule has 0 unspecified atom stereocenters. The molecule has 1 amide bonds. The average molecular weight is 538 g/mol. The zero-order chi connectivity index (χ0) is 26.9. The smallest absolute Gasteiger partial charge is 0.407 e. The Morgan fingerprint density at radius 1 is 1.16 bits per heavy atom. The molecule has 0 saturated carbocycles. The molecule has 12 nitrogen and oxygen atoms in total. The minimum atomic E-state index is -3.70. The van der Waals surface area contributed by atoms with E-state index in [-0.39, 0.29) is 23.3 Å². The molecule has 5 rings (SSSR count). The quantitative estimate of drug-likeness (QED) is 0.321. The van der Waals surface area contributed by atoms with Crippen molar-refractivity contribution in [3.8, 4) is 17.0 Å². The fraction of sp³-hybridized carbons (Fsp3) is 0.280. The summed E-state index contributed by atoms with van der Waals surface area (Å²) in [5.41, 5.74) is 8.85. The van der Waals surface area contributed by atoms with E-state index >= 15 is 0 Å². The van der Waals surface area contributed by atoms with E-state index in [0.29, 0.717) is 35.6 Å². The number of nitrogens with one attached hydrogen (secondary N) is 1. The first kappa shape index (κ1) is 25.4. The van der Waals surface area contributed by atoms with Gasteiger partial charge in [0.25, 0.3) is 0 Å². The lowest BCUT2D eigenvalue weighted by Gasteiger charge is -2.30. The maximum absolute atomic E-state index is 12.7. The number of carboxylic acid groups (broad SMARTS) is 1. The lowest BCUT2D eigenvalue weighted by Crippen LogP contribution is -2.40. The number of ether oxygens (including phenoxy) is 1. The van der Waals surface area contributed by atoms with E-state index < -0.39 is 16.1 Å². The van der Waals surface area contributed by atoms with Crippen LogP contribution in [0.3, 0.4) is 0 Å². The molecule has 1 atom stereocenters. The van der Waals surface area contributed by atoms with Crippen LogP contribution in [0.2, 0.25) is 0 Å². The van der Waals surface area contributed by atoms with Crippen LogP contribution in [0.25, 0.3) is 22.3 Å². The molecular weight excluding hydrogens is 510 g/mol. The maximum Gasteiger partial charge on any atom is 0.407 e. The summed E-state index contributed by atoms with van der Waals surface area (Å²) < 4.78 is 34.8. The van der Waals surface area contributed by atoms with Gasteiger partial charge in [0.2, 0.25) is 10.0 Å². The molecule has 0 spiro atoms. The largest absolute Gasteiger partial charge is 0.497 e. The van der Waals surface area contributed by atoms with E-state index in [4.69, 9.17) is 15.6 Å². The van der Waals surface area contributed by atoms with Gasteiger partial charge < -0.3 is 20.5 Å². The van der Waals surface area contributed by atoms with Crippen molar-refractivity contribution in [2.75, 3.05) is 25.9 Å². The maximum atomic E-state index is 12.7. The first-order valence-electron chi connectivity index (χ1n) is 12.0. The van der Waals surface area contributed by atoms with Crippen LogP contribution in [0.5, 0.6) is 5.75 Å². The van der Waals surface area contributed by atoms with Crippen LogP contribution in [0.15, 0.2) is 59.8 Å². The molecule has 1 fully saturated rings. The summed E-state index contributed by atoms with van der Waals surface area (Å²) in [6.07, 6.45) is 1.89. The fourth-order valence-corrected chi connectivity index (χ4v) is 5.59. The van der Waals surface area contributed by atoms with Gasteiger partial charge in [0.1, 0.15) is 23.6 Å². The van der Waals surface area contributed by atoms with Crippen molar-refractivity contribution in [1.82, 2.24) is 29.4 Å². The van der Waals surface area contributed by atoms with Crippen LogP contribution in [0.1, 0.15) is 24.4 Å². The number of anilines is 1. The van der Waals surface area contributed by atoms with Gasteiger partial charge in [0, 0.05) is 25.2 Å². The topological polar surface area (TPSA) is 166 Å². The van der Waals surface area contributed by atoms with Gasteiger partial charge in [0.05, 0.1) is 23.4 Å². The predicted octanol–water partition coefficient (Wildman–Crippen LogP) is 2.88. The Bertz CT molecular complexity index is 1570. The second-order valence-electron chi connectivity index (χ2n) is 8.97. The van der Waals surface area contributed by atoms with Crippen LogP contribution in [0.4, 0.5) is 10.6 Å². The number of hydrogen-bond donors (Lipinski definition) is 3. The highest BCUT2D eigenvalue weighted by Crippen LogP contribution is 2.34. The fourth-order valence-electron chi connectivity index (χ4n) is 4.58. The number of piperidine rings is 1. The summed E-state index contributed by atoms with van der Waals surface area (Å²) in [4.78, 5) is 21.6. The monoisotopic (exact) mass is 537 g/mol. The molecule has 0 bridgehead atoms. The highest BCUT2D eigenvalue weighted by Gasteiger charge is 2.28. The molecule has 1 aliphatic heterocycles. The summed E-state index contributed by atoms with van der Waals surface area (Å²) in [5, 5.41) is 14.8. The molecule has 0 aliphatic carbocycles. The summed E-state index contributed by atoms with van der Waals surface area (Å²) in [5.74, 6) is 0.849. The van der Waals surface area contributed by atoms with E-state index in [9.17, 15) is 18.3 Å². The number of likely N-dealkylation sites (tertiary alicyclic amines) is 1. The van der Waals surface area contributed by atoms with Gasteiger partial charge in [-0.3, -0.25) is 0 Å². The number of amides is 1. The van der Waals surface area contributed by atoms with Crippen LogP contribution in [-0.2, 0) is 16.6 Å². The normalized spacial score (nSPS) is 16.0. The van der Waals surface area contributed by atoms with E-state index in [1.165, 1.54) is 30.5 Å². The predicted molar refractivity (Wildman–Crippen MR) is 140 cm³/mol. The summed E-state index contributed by atoms with van der Waals surface area (Å²) in [6, 6.07) is 13.3. The summed E-state index contributed by atoms with van der Waals surface area (Å²) >= 11 is 0. The van der Waals surface area contributed by atoms with Crippen molar-refractivity contribution >= 4 is 33.0 Å². The highest BCUT2D eigenvalue weighted by molar-refractivity contribution is 7.89. The third-order valence-corrected chi connectivity index (χ3v) is 8.01. The molecule has 2 aromatic heterocycles. The second-order valence-corrected chi connectivity index (χ2v) is 10.7. The van der Waals surface area contributed by atoms with Crippen molar-refractivity contribution in [2.24, 2.45) is 0 Å². The zero-order valence-electron chi connectivity index (χ0n) is 20.6. The SMILES string of the molecule is COc1ccc(S(=O)(=O)NCc2ccc(-c3nn([C@@H]4CCCN(C(=O)O)C4)c4ncnc(N)c34)cc2)cc1. The lowest BCUT2D eigenvalue weighted by molar-refractivity contribution is 0.120. The first-order chi connectivity index (χ1) is 18.3. The molecule has 1 saturated heterocycles. The third-order valence-electron chi connectivity index (χ3n) is 6.59. The Morgan fingerprint density at radius 2 is 1.89 bits per heavy atom. The van der Waals surface area contributed by atoms with E-state index in [0.717, 1.165) is 24.0 Å². The number of fused-ring (bicyclic) bond motifs is 1. The molecule has 13 heteroatoms. The number of methoxy groups -OCH3 is 1. The van der Waals surface area contributed by atoms with Crippen molar-refractivity contribution in [2.45, 2.75) is 30.3 Å². The Kier molecular flexibility index (Phi) is 6.87. The Morgan fingerprint density at radius 3 is 2.58 bits per heavy atom. The molecular formula is C25H27N7O5S. The lowest BCUT2D eigenvalue weighted by atomic mass is 10.1. The number of benzene rings is 2. The first-order valence-corrected chi connectivity index (χ1v) is 13.4. The molecule has 38 heavy (non-hydrogen) atoms. The Hall–Kier alpha value is -4.23. The molecule has 4 N–H and O–H groups in total.